The van der Waals surface area contributed by atoms with Crippen molar-refractivity contribution in [2.75, 3.05) is 20.3 Å². The highest BCUT2D eigenvalue weighted by Gasteiger charge is 2.32. The molecule has 2 aromatic rings. The average Bonchev–Trinajstić information content (AvgIpc) is 2.77. The van der Waals surface area contributed by atoms with Crippen LogP contribution in [0.3, 0.4) is 0 Å². The van der Waals surface area contributed by atoms with Gasteiger partial charge in [-0.1, -0.05) is 0 Å². The molecule has 142 valence electrons. The van der Waals surface area contributed by atoms with Crippen LogP contribution in [-0.4, -0.2) is 47.4 Å². The summed E-state index contributed by atoms with van der Waals surface area (Å²) in [6.07, 6.45) is -4.53. The minimum absolute atomic E-state index is 0.0431. The molecule has 9 heteroatoms. The molecule has 1 atom stereocenters. The molecule has 1 N–H and O–H groups in total. The van der Waals surface area contributed by atoms with Crippen molar-refractivity contribution >= 4 is 0 Å². The van der Waals surface area contributed by atoms with E-state index in [0.29, 0.717) is 31.0 Å². The summed E-state index contributed by atoms with van der Waals surface area (Å²) in [7, 11) is 1.27. The van der Waals surface area contributed by atoms with E-state index >= 15 is 0 Å². The Bertz CT molecular complexity index is 789. The van der Waals surface area contributed by atoms with Crippen LogP contribution in [0.2, 0.25) is 0 Å². The molecule has 0 radical (unpaired) electrons. The first kappa shape index (κ1) is 18.5. The lowest BCUT2D eigenvalue weighted by Crippen LogP contribution is -2.22. The molecule has 0 aliphatic carbocycles. The van der Waals surface area contributed by atoms with Crippen molar-refractivity contribution in [3.63, 3.8) is 0 Å². The van der Waals surface area contributed by atoms with Crippen molar-refractivity contribution in [2.45, 2.75) is 32.4 Å². The van der Waals surface area contributed by atoms with Gasteiger partial charge >= 0.3 is 6.36 Å². The van der Waals surface area contributed by atoms with E-state index in [1.807, 2.05) is 11.5 Å². The smallest absolute Gasteiger partial charge is 0.493 e. The second kappa shape index (κ2) is 7.16. The Morgan fingerprint density at radius 2 is 2.12 bits per heavy atom. The molecule has 0 fully saturated rings. The third-order valence-electron chi connectivity index (χ3n) is 4.20. The van der Waals surface area contributed by atoms with Gasteiger partial charge in [0.2, 0.25) is 0 Å². The molecule has 6 nitrogen and oxygen atoms in total. The number of fused-ring (bicyclic) bond motifs is 1. The van der Waals surface area contributed by atoms with E-state index in [0.717, 1.165) is 11.4 Å². The lowest BCUT2D eigenvalue weighted by Gasteiger charge is -2.16. The molecule has 2 heterocycles. The van der Waals surface area contributed by atoms with Crippen LogP contribution in [0, 0.1) is 6.92 Å². The Morgan fingerprint density at radius 3 is 2.77 bits per heavy atom. The van der Waals surface area contributed by atoms with Gasteiger partial charge in [-0.3, -0.25) is 0 Å². The van der Waals surface area contributed by atoms with Crippen molar-refractivity contribution in [2.24, 2.45) is 0 Å². The molecule has 1 aromatic heterocycles. The molecule has 0 bridgehead atoms. The molecule has 3 rings (SSSR count). The van der Waals surface area contributed by atoms with E-state index < -0.39 is 12.1 Å². The second-order valence-corrected chi connectivity index (χ2v) is 5.92. The largest absolute Gasteiger partial charge is 0.573 e. The quantitative estimate of drug-likeness (QED) is 0.894. The first-order chi connectivity index (χ1) is 12.3. The number of aryl methyl sites for hydroxylation is 1. The molecule has 26 heavy (non-hydrogen) atoms. The maximum Gasteiger partial charge on any atom is 0.573 e. The maximum atomic E-state index is 12.5. The number of hydrogen-bond donors (Lipinski definition) is 1. The van der Waals surface area contributed by atoms with Crippen molar-refractivity contribution in [1.82, 2.24) is 9.55 Å². The Hall–Kier alpha value is -2.26. The van der Waals surface area contributed by atoms with Gasteiger partial charge in [0.05, 0.1) is 38.7 Å². The molecule has 1 aromatic carbocycles. The number of ether oxygens (including phenoxy) is 3. The monoisotopic (exact) mass is 372 g/mol. The number of alkyl halides is 3. The summed E-state index contributed by atoms with van der Waals surface area (Å²) in [6, 6.07) is 4.16. The Labute approximate surface area is 148 Å². The van der Waals surface area contributed by atoms with E-state index in [1.165, 1.54) is 25.3 Å². The SMILES string of the molecule is COc1cc(-c2nc(C)c3n2C[C@@H](CO)OCC3)ccc1OC(F)(F)F. The van der Waals surface area contributed by atoms with Crippen molar-refractivity contribution in [3.05, 3.63) is 29.6 Å². The zero-order valence-corrected chi connectivity index (χ0v) is 14.3. The predicted molar refractivity (Wildman–Crippen MR) is 86.2 cm³/mol. The van der Waals surface area contributed by atoms with Crippen LogP contribution < -0.4 is 9.47 Å². The predicted octanol–water partition coefficient (Wildman–Crippen LogP) is 2.70. The van der Waals surface area contributed by atoms with Crippen molar-refractivity contribution in [1.29, 1.82) is 0 Å². The fraction of sp³-hybridized carbons (Fsp3) is 0.471. The van der Waals surface area contributed by atoms with Crippen LogP contribution in [0.4, 0.5) is 13.2 Å². The van der Waals surface area contributed by atoms with Crippen LogP contribution in [0.1, 0.15) is 11.4 Å². The van der Waals surface area contributed by atoms with Crippen molar-refractivity contribution < 1.29 is 32.5 Å². The van der Waals surface area contributed by atoms with Crippen LogP contribution in [0.15, 0.2) is 18.2 Å². The summed E-state index contributed by atoms with van der Waals surface area (Å²) in [4.78, 5) is 4.56. The molecule has 0 amide bonds. The fourth-order valence-corrected chi connectivity index (χ4v) is 3.04. The van der Waals surface area contributed by atoms with Crippen LogP contribution in [-0.2, 0) is 17.7 Å². The number of aliphatic hydroxyl groups is 1. The minimum Gasteiger partial charge on any atom is -0.493 e. The van der Waals surface area contributed by atoms with Gasteiger partial charge < -0.3 is 23.9 Å². The Balaban J connectivity index is 2.02. The number of aromatic nitrogens is 2. The maximum absolute atomic E-state index is 12.5. The second-order valence-electron chi connectivity index (χ2n) is 5.92. The Kier molecular flexibility index (Phi) is 5.10. The highest BCUT2D eigenvalue weighted by molar-refractivity contribution is 5.62. The van der Waals surface area contributed by atoms with E-state index in [2.05, 4.69) is 9.72 Å². The third-order valence-corrected chi connectivity index (χ3v) is 4.20. The van der Waals surface area contributed by atoms with Gasteiger partial charge in [-0.05, 0) is 25.1 Å². The molecule has 1 aliphatic heterocycles. The number of imidazole rings is 1. The van der Waals surface area contributed by atoms with Gasteiger partial charge in [0.1, 0.15) is 5.82 Å². The summed E-state index contributed by atoms with van der Waals surface area (Å²) in [5, 5.41) is 9.43. The Morgan fingerprint density at radius 1 is 1.35 bits per heavy atom. The van der Waals surface area contributed by atoms with E-state index in [1.54, 1.807) is 0 Å². The topological polar surface area (TPSA) is 65.7 Å². The lowest BCUT2D eigenvalue weighted by atomic mass is 10.2. The number of aliphatic hydroxyl groups excluding tert-OH is 1. The summed E-state index contributed by atoms with van der Waals surface area (Å²) in [5.74, 6) is 0.122. The highest BCUT2D eigenvalue weighted by atomic mass is 19.4. The van der Waals surface area contributed by atoms with E-state index in [9.17, 15) is 18.3 Å². The average molecular weight is 372 g/mol. The summed E-state index contributed by atoms with van der Waals surface area (Å²) in [6.45, 7) is 2.62. The standard InChI is InChI=1S/C17H19F3N2O4/c1-10-13-5-6-25-12(9-23)8-22(13)16(21-10)11-3-4-14(15(7-11)24-2)26-17(18,19)20/h3-4,7,12,23H,5-6,8-9H2,1-2H3/t12-/m0/s1. The van der Waals surface area contributed by atoms with Crippen molar-refractivity contribution in [3.8, 4) is 22.9 Å². The number of halogens is 3. The van der Waals surface area contributed by atoms with Gasteiger partial charge in [0.25, 0.3) is 0 Å². The highest BCUT2D eigenvalue weighted by Crippen LogP contribution is 2.36. The number of methoxy groups -OCH3 is 1. The molecule has 1 aliphatic rings. The fourth-order valence-electron chi connectivity index (χ4n) is 3.04. The van der Waals surface area contributed by atoms with Gasteiger partial charge in [0, 0.05) is 17.7 Å². The molecule has 0 saturated heterocycles. The number of benzene rings is 1. The molecule has 0 saturated carbocycles. The van der Waals surface area contributed by atoms with E-state index in [4.69, 9.17) is 9.47 Å². The number of nitrogens with zero attached hydrogens (tertiary/aromatic N) is 2. The molecular formula is C17H19F3N2O4. The molecular weight excluding hydrogens is 353 g/mol. The summed E-state index contributed by atoms with van der Waals surface area (Å²) < 4.78 is 54.1. The van der Waals surface area contributed by atoms with E-state index in [-0.39, 0.29) is 18.5 Å². The first-order valence-electron chi connectivity index (χ1n) is 8.05. The van der Waals surface area contributed by atoms with Crippen LogP contribution >= 0.6 is 0 Å². The number of rotatable bonds is 4. The minimum atomic E-state index is -4.80. The van der Waals surface area contributed by atoms with Crippen LogP contribution in [0.25, 0.3) is 11.4 Å². The van der Waals surface area contributed by atoms with Gasteiger partial charge in [-0.2, -0.15) is 0 Å². The van der Waals surface area contributed by atoms with Crippen LogP contribution in [0.5, 0.6) is 11.5 Å². The molecule has 0 spiro atoms. The number of hydrogen-bond acceptors (Lipinski definition) is 5. The first-order valence-corrected chi connectivity index (χ1v) is 8.05. The van der Waals surface area contributed by atoms with Gasteiger partial charge in [-0.15, -0.1) is 13.2 Å². The zero-order valence-electron chi connectivity index (χ0n) is 14.3. The zero-order chi connectivity index (χ0) is 18.9. The lowest BCUT2D eigenvalue weighted by molar-refractivity contribution is -0.275. The normalized spacial score (nSPS) is 17.5. The summed E-state index contributed by atoms with van der Waals surface area (Å²) >= 11 is 0. The summed E-state index contributed by atoms with van der Waals surface area (Å²) in [5.41, 5.74) is 2.38. The van der Waals surface area contributed by atoms with Gasteiger partial charge in [-0.25, -0.2) is 4.98 Å². The third kappa shape index (κ3) is 3.78. The van der Waals surface area contributed by atoms with Gasteiger partial charge in [0.15, 0.2) is 11.5 Å². The molecule has 0 unspecified atom stereocenters.